The Kier molecular flexibility index (Phi) is 10.1. The molecule has 5 rings (SSSR count). The number of hydrogen-bond donors (Lipinski definition) is 1. The van der Waals surface area contributed by atoms with E-state index in [9.17, 15) is 19.5 Å². The molecule has 8 nitrogen and oxygen atoms in total. The summed E-state index contributed by atoms with van der Waals surface area (Å²) in [6.07, 6.45) is 5.34. The van der Waals surface area contributed by atoms with E-state index in [1.807, 2.05) is 56.3 Å². The first-order valence-electron chi connectivity index (χ1n) is 15.8. The molecule has 3 heterocycles. The Hall–Kier alpha value is -3.56. The number of aliphatic hydroxyl groups excluding tert-OH is 1. The van der Waals surface area contributed by atoms with Gasteiger partial charge >= 0.3 is 0 Å². The van der Waals surface area contributed by atoms with Gasteiger partial charge in [-0.25, -0.2) is 0 Å². The molecule has 9 heteroatoms. The number of benzene rings is 2. The summed E-state index contributed by atoms with van der Waals surface area (Å²) in [6, 6.07) is 15.7. The number of amides is 3. The first-order valence-corrected chi connectivity index (χ1v) is 16.7. The van der Waals surface area contributed by atoms with Crippen LogP contribution < -0.4 is 9.64 Å². The molecule has 3 fully saturated rings. The number of anilines is 1. The quantitative estimate of drug-likeness (QED) is 0.298. The molecule has 0 aromatic heterocycles. The van der Waals surface area contributed by atoms with Crippen LogP contribution in [0.15, 0.2) is 79.9 Å². The number of methoxy groups -OCH3 is 1. The van der Waals surface area contributed by atoms with Gasteiger partial charge in [-0.05, 0) is 55.0 Å². The summed E-state index contributed by atoms with van der Waals surface area (Å²) in [7, 11) is 1.59. The number of thioether (sulfide) groups is 1. The summed E-state index contributed by atoms with van der Waals surface area (Å²) in [5.74, 6) is -0.860. The van der Waals surface area contributed by atoms with Crippen LogP contribution >= 0.6 is 11.8 Å². The second-order valence-corrected chi connectivity index (χ2v) is 14.3. The van der Waals surface area contributed by atoms with Crippen molar-refractivity contribution in [3.63, 3.8) is 0 Å². The van der Waals surface area contributed by atoms with Gasteiger partial charge in [-0.2, -0.15) is 0 Å². The Morgan fingerprint density at radius 2 is 1.78 bits per heavy atom. The number of likely N-dealkylation sites (tertiary alicyclic amines) is 1. The molecule has 2 unspecified atom stereocenters. The van der Waals surface area contributed by atoms with Crippen LogP contribution in [0.2, 0.25) is 0 Å². The summed E-state index contributed by atoms with van der Waals surface area (Å²) in [5.41, 5.74) is 1.67. The topological polar surface area (TPSA) is 90.4 Å². The fraction of sp³-hybridized carbons (Fsp3) is 0.472. The highest BCUT2D eigenvalue weighted by atomic mass is 32.2. The van der Waals surface area contributed by atoms with Crippen molar-refractivity contribution in [2.75, 3.05) is 31.7 Å². The lowest BCUT2D eigenvalue weighted by Gasteiger charge is -2.40. The molecule has 1 spiro atoms. The van der Waals surface area contributed by atoms with Gasteiger partial charge in [0.15, 0.2) is 0 Å². The summed E-state index contributed by atoms with van der Waals surface area (Å²) in [4.78, 5) is 49.2. The van der Waals surface area contributed by atoms with Crippen molar-refractivity contribution in [3.05, 3.63) is 85.5 Å². The molecular formula is C36H45N3O5S. The molecule has 0 saturated carbocycles. The Labute approximate surface area is 271 Å². The molecule has 3 aliphatic heterocycles. The predicted molar refractivity (Wildman–Crippen MR) is 179 cm³/mol. The number of ether oxygens (including phenoxy) is 1. The molecule has 1 N–H and O–H groups in total. The van der Waals surface area contributed by atoms with Crippen LogP contribution in [-0.2, 0) is 20.9 Å². The van der Waals surface area contributed by atoms with Crippen LogP contribution in [0.5, 0.6) is 5.75 Å². The standard InChI is InChI=1S/C36H45N3O5S/c1-6-19-37(22-25-11-9-8-10-12-25)33(41)30-29-17-18-36(45-29)31(30)34(42)39(27(23-40)21-24(3)4)32(36)35(43)38(20-7-2)26-13-15-28(44-5)16-14-26/h6-16,24,27,29-32,40H,1-2,17-23H2,3-5H3/t27-,29+,30-,31+,32?,36?/m1/s1. The lowest BCUT2D eigenvalue weighted by molar-refractivity contribution is -0.145. The molecule has 2 bridgehead atoms. The van der Waals surface area contributed by atoms with Crippen LogP contribution in [0.25, 0.3) is 0 Å². The smallest absolute Gasteiger partial charge is 0.251 e. The average molecular weight is 632 g/mol. The van der Waals surface area contributed by atoms with Gasteiger partial charge in [0.1, 0.15) is 11.8 Å². The first-order chi connectivity index (χ1) is 21.7. The highest BCUT2D eigenvalue weighted by Crippen LogP contribution is 2.67. The van der Waals surface area contributed by atoms with E-state index in [2.05, 4.69) is 13.2 Å². The number of carbonyl (C=O) groups excluding carboxylic acids is 3. The van der Waals surface area contributed by atoms with Crippen molar-refractivity contribution < 1.29 is 24.2 Å². The molecule has 3 aliphatic rings. The largest absolute Gasteiger partial charge is 0.497 e. The lowest BCUT2D eigenvalue weighted by Crippen LogP contribution is -2.58. The Morgan fingerprint density at radius 1 is 1.09 bits per heavy atom. The normalized spacial score (nSPS) is 25.6. The van der Waals surface area contributed by atoms with E-state index < -0.39 is 28.7 Å². The van der Waals surface area contributed by atoms with Crippen molar-refractivity contribution in [2.24, 2.45) is 17.8 Å². The molecular weight excluding hydrogens is 586 g/mol. The average Bonchev–Trinajstić information content (AvgIpc) is 3.69. The monoisotopic (exact) mass is 631 g/mol. The third kappa shape index (κ3) is 6.04. The number of aliphatic hydroxyl groups is 1. The maximum atomic E-state index is 14.9. The number of hydrogen-bond acceptors (Lipinski definition) is 6. The minimum atomic E-state index is -0.831. The minimum absolute atomic E-state index is 0.0708. The maximum Gasteiger partial charge on any atom is 0.251 e. The first kappa shape index (κ1) is 32.8. The Balaban J connectivity index is 1.56. The van der Waals surface area contributed by atoms with E-state index in [4.69, 9.17) is 4.74 Å². The molecule has 0 radical (unpaired) electrons. The van der Waals surface area contributed by atoms with Crippen LogP contribution in [-0.4, -0.2) is 81.5 Å². The highest BCUT2D eigenvalue weighted by molar-refractivity contribution is 8.02. The zero-order valence-corrected chi connectivity index (χ0v) is 27.3. The van der Waals surface area contributed by atoms with Crippen molar-refractivity contribution in [1.29, 1.82) is 0 Å². The number of nitrogens with zero attached hydrogens (tertiary/aromatic N) is 3. The molecule has 240 valence electrons. The van der Waals surface area contributed by atoms with E-state index in [0.29, 0.717) is 37.4 Å². The maximum absolute atomic E-state index is 14.9. The van der Waals surface area contributed by atoms with E-state index in [1.54, 1.807) is 57.9 Å². The molecule has 0 aliphatic carbocycles. The van der Waals surface area contributed by atoms with Crippen molar-refractivity contribution in [3.8, 4) is 5.75 Å². The van der Waals surface area contributed by atoms with Gasteiger partial charge in [-0.3, -0.25) is 14.4 Å². The van der Waals surface area contributed by atoms with Crippen molar-refractivity contribution in [2.45, 2.75) is 61.7 Å². The molecule has 3 amide bonds. The number of rotatable bonds is 14. The summed E-state index contributed by atoms with van der Waals surface area (Å²) in [6.45, 7) is 12.7. The van der Waals surface area contributed by atoms with Gasteiger partial charge in [-0.1, -0.05) is 56.3 Å². The second kappa shape index (κ2) is 13.8. The van der Waals surface area contributed by atoms with Gasteiger partial charge in [-0.15, -0.1) is 24.9 Å². The summed E-state index contributed by atoms with van der Waals surface area (Å²) >= 11 is 1.64. The zero-order chi connectivity index (χ0) is 32.3. The SMILES string of the molecule is C=CCN(Cc1ccccc1)C(=O)[C@@H]1[C@@H]2CCC3(S2)C(C(=O)N(CC=C)c2ccc(OC)cc2)N([C@@H](CO)CC(C)C)C(=O)[C@H]13. The highest BCUT2D eigenvalue weighted by Gasteiger charge is 2.74. The van der Waals surface area contributed by atoms with Gasteiger partial charge < -0.3 is 24.5 Å². The summed E-state index contributed by atoms with van der Waals surface area (Å²) < 4.78 is 4.56. The fourth-order valence-electron chi connectivity index (χ4n) is 7.63. The second-order valence-electron chi connectivity index (χ2n) is 12.7. The van der Waals surface area contributed by atoms with Gasteiger partial charge in [0, 0.05) is 30.6 Å². The zero-order valence-electron chi connectivity index (χ0n) is 26.5. The molecule has 6 atom stereocenters. The van der Waals surface area contributed by atoms with Gasteiger partial charge in [0.25, 0.3) is 5.91 Å². The molecule has 2 aromatic rings. The van der Waals surface area contributed by atoms with E-state index in [0.717, 1.165) is 12.0 Å². The minimum Gasteiger partial charge on any atom is -0.497 e. The number of fused-ring (bicyclic) bond motifs is 1. The van der Waals surface area contributed by atoms with Crippen molar-refractivity contribution in [1.82, 2.24) is 9.80 Å². The van der Waals surface area contributed by atoms with Crippen LogP contribution in [0, 0.1) is 17.8 Å². The van der Waals surface area contributed by atoms with Crippen LogP contribution in [0.1, 0.15) is 38.7 Å². The van der Waals surface area contributed by atoms with E-state index >= 15 is 0 Å². The van der Waals surface area contributed by atoms with Crippen LogP contribution in [0.4, 0.5) is 5.69 Å². The molecule has 2 aromatic carbocycles. The van der Waals surface area contributed by atoms with Gasteiger partial charge in [0.2, 0.25) is 11.8 Å². The third-order valence-electron chi connectivity index (χ3n) is 9.44. The number of carbonyl (C=O) groups is 3. The van der Waals surface area contributed by atoms with E-state index in [-0.39, 0.29) is 42.0 Å². The Bertz CT molecular complexity index is 1400. The molecule has 3 saturated heterocycles. The lowest BCUT2D eigenvalue weighted by atomic mass is 9.70. The Morgan fingerprint density at radius 3 is 2.38 bits per heavy atom. The fourth-order valence-corrected chi connectivity index (χ4v) is 9.82. The van der Waals surface area contributed by atoms with Crippen LogP contribution in [0.3, 0.4) is 0 Å². The summed E-state index contributed by atoms with van der Waals surface area (Å²) in [5, 5.41) is 10.6. The van der Waals surface area contributed by atoms with Crippen molar-refractivity contribution >= 4 is 35.2 Å². The third-order valence-corrected chi connectivity index (χ3v) is 11.4. The predicted octanol–water partition coefficient (Wildman–Crippen LogP) is 4.93. The van der Waals surface area contributed by atoms with Gasteiger partial charge in [0.05, 0.1) is 36.3 Å². The molecule has 45 heavy (non-hydrogen) atoms. The van der Waals surface area contributed by atoms with E-state index in [1.165, 1.54) is 0 Å².